The van der Waals surface area contributed by atoms with E-state index in [1.807, 2.05) is 0 Å². The van der Waals surface area contributed by atoms with E-state index in [2.05, 4.69) is 9.97 Å². The maximum Gasteiger partial charge on any atom is 0.320 e. The van der Waals surface area contributed by atoms with Crippen molar-refractivity contribution in [3.05, 3.63) is 71.0 Å². The van der Waals surface area contributed by atoms with Crippen LogP contribution < -0.4 is 5.56 Å². The van der Waals surface area contributed by atoms with Crippen LogP contribution in [0.2, 0.25) is 0 Å². The quantitative estimate of drug-likeness (QED) is 0.466. The van der Waals surface area contributed by atoms with Crippen LogP contribution in [0.15, 0.2) is 59.7 Å². The van der Waals surface area contributed by atoms with Gasteiger partial charge in [-0.3, -0.25) is 18.7 Å². The maximum atomic E-state index is 13.4. The minimum absolute atomic E-state index is 0.0425. The molecular weight excluding hydrogens is 382 g/mol. The van der Waals surface area contributed by atoms with Crippen LogP contribution in [-0.4, -0.2) is 25.1 Å². The lowest BCUT2D eigenvalue weighted by atomic mass is 10.2. The van der Waals surface area contributed by atoms with Crippen molar-refractivity contribution in [2.24, 2.45) is 0 Å². The standard InChI is InChI=1S/C20H16F2N4O3/c21-20(22)26-16-8-4-3-7-15(16)24-17(26)11-29-18(27)9-10-25-12-23-14-6-2-1-5-13(14)19(25)28/h1-8,12,20H,9-11H2. The Kier molecular flexibility index (Phi) is 5.03. The minimum atomic E-state index is -2.81. The predicted octanol–water partition coefficient (Wildman–Crippen LogP) is 3.27. The van der Waals surface area contributed by atoms with Crippen molar-refractivity contribution in [1.82, 2.24) is 19.1 Å². The molecule has 29 heavy (non-hydrogen) atoms. The molecule has 0 amide bonds. The first-order valence-corrected chi connectivity index (χ1v) is 8.88. The van der Waals surface area contributed by atoms with Crippen molar-refractivity contribution >= 4 is 27.9 Å². The van der Waals surface area contributed by atoms with E-state index in [1.165, 1.54) is 17.0 Å². The second-order valence-corrected chi connectivity index (χ2v) is 6.34. The van der Waals surface area contributed by atoms with E-state index in [0.717, 1.165) is 4.57 Å². The molecule has 0 saturated heterocycles. The topological polar surface area (TPSA) is 79.0 Å². The molecule has 4 aromatic rings. The van der Waals surface area contributed by atoms with Gasteiger partial charge in [0.2, 0.25) is 0 Å². The first kappa shape index (κ1) is 18.7. The molecule has 2 aromatic carbocycles. The summed E-state index contributed by atoms with van der Waals surface area (Å²) in [4.78, 5) is 32.8. The molecule has 2 aromatic heterocycles. The molecule has 0 N–H and O–H groups in total. The van der Waals surface area contributed by atoms with Crippen molar-refractivity contribution in [2.45, 2.75) is 26.1 Å². The van der Waals surface area contributed by atoms with Crippen LogP contribution >= 0.6 is 0 Å². The average Bonchev–Trinajstić information content (AvgIpc) is 3.10. The molecule has 0 spiro atoms. The number of fused-ring (bicyclic) bond motifs is 2. The number of alkyl halides is 2. The largest absolute Gasteiger partial charge is 0.457 e. The summed E-state index contributed by atoms with van der Waals surface area (Å²) in [5, 5.41) is 0.453. The molecule has 7 nitrogen and oxygen atoms in total. The normalized spacial score (nSPS) is 11.4. The Morgan fingerprint density at radius 3 is 2.59 bits per heavy atom. The molecule has 0 radical (unpaired) electrons. The van der Waals surface area contributed by atoms with E-state index in [4.69, 9.17) is 4.74 Å². The minimum Gasteiger partial charge on any atom is -0.457 e. The number of para-hydroxylation sites is 3. The Hall–Kier alpha value is -3.62. The fourth-order valence-electron chi connectivity index (χ4n) is 3.11. The summed E-state index contributed by atoms with van der Waals surface area (Å²) in [5.74, 6) is -0.669. The molecule has 0 atom stereocenters. The molecule has 0 aliphatic carbocycles. The molecule has 4 rings (SSSR count). The Balaban J connectivity index is 1.44. The number of rotatable bonds is 6. The number of esters is 1. The van der Waals surface area contributed by atoms with Crippen LogP contribution in [0.25, 0.3) is 21.9 Å². The van der Waals surface area contributed by atoms with Crippen molar-refractivity contribution in [1.29, 1.82) is 0 Å². The summed E-state index contributed by atoms with van der Waals surface area (Å²) in [6.07, 6.45) is 1.27. The molecule has 0 saturated carbocycles. The molecule has 0 unspecified atom stereocenters. The number of nitrogens with zero attached hydrogens (tertiary/aromatic N) is 4. The Morgan fingerprint density at radius 1 is 1.07 bits per heavy atom. The summed E-state index contributed by atoms with van der Waals surface area (Å²) < 4.78 is 33.9. The lowest BCUT2D eigenvalue weighted by molar-refractivity contribution is -0.145. The molecule has 0 aliphatic rings. The third kappa shape index (κ3) is 3.71. The van der Waals surface area contributed by atoms with E-state index in [9.17, 15) is 18.4 Å². The first-order chi connectivity index (χ1) is 14.0. The molecular formula is C20H16F2N4O3. The average molecular weight is 398 g/mol. The number of hydrogen-bond acceptors (Lipinski definition) is 5. The van der Waals surface area contributed by atoms with Gasteiger partial charge in [-0.1, -0.05) is 24.3 Å². The first-order valence-electron chi connectivity index (χ1n) is 8.88. The number of aryl methyl sites for hydroxylation is 1. The maximum absolute atomic E-state index is 13.4. The second kappa shape index (κ2) is 7.78. The highest BCUT2D eigenvalue weighted by Gasteiger charge is 2.18. The summed E-state index contributed by atoms with van der Waals surface area (Å²) in [6.45, 7) is -3.12. The van der Waals surface area contributed by atoms with Crippen LogP contribution in [-0.2, 0) is 22.7 Å². The Labute approximate surface area is 163 Å². The van der Waals surface area contributed by atoms with E-state index >= 15 is 0 Å². The zero-order chi connectivity index (χ0) is 20.4. The third-order valence-corrected chi connectivity index (χ3v) is 4.51. The molecule has 2 heterocycles. The Bertz CT molecular complexity index is 1250. The summed E-state index contributed by atoms with van der Waals surface area (Å²) in [7, 11) is 0. The number of benzene rings is 2. The van der Waals surface area contributed by atoms with Gasteiger partial charge >= 0.3 is 12.5 Å². The molecule has 0 aliphatic heterocycles. The number of carbonyl (C=O) groups is 1. The highest BCUT2D eigenvalue weighted by atomic mass is 19.3. The molecule has 9 heteroatoms. The Morgan fingerprint density at radius 2 is 1.79 bits per heavy atom. The SMILES string of the molecule is O=C(CCn1cnc2ccccc2c1=O)OCc1nc2ccccc2n1C(F)F. The van der Waals surface area contributed by atoms with Gasteiger partial charge in [-0.25, -0.2) is 9.97 Å². The van der Waals surface area contributed by atoms with Crippen molar-refractivity contribution in [3.8, 4) is 0 Å². The van der Waals surface area contributed by atoms with Crippen molar-refractivity contribution in [3.63, 3.8) is 0 Å². The number of aromatic nitrogens is 4. The number of imidazole rings is 1. The highest BCUT2D eigenvalue weighted by molar-refractivity contribution is 5.77. The van der Waals surface area contributed by atoms with Gasteiger partial charge in [0, 0.05) is 6.54 Å². The fraction of sp³-hybridized carbons (Fsp3) is 0.200. The van der Waals surface area contributed by atoms with Gasteiger partial charge in [0.15, 0.2) is 5.82 Å². The van der Waals surface area contributed by atoms with Gasteiger partial charge in [0.25, 0.3) is 5.56 Å². The summed E-state index contributed by atoms with van der Waals surface area (Å²) >= 11 is 0. The van der Waals surface area contributed by atoms with Gasteiger partial charge in [0.1, 0.15) is 6.61 Å². The van der Waals surface area contributed by atoms with Crippen molar-refractivity contribution < 1.29 is 18.3 Å². The van der Waals surface area contributed by atoms with Gasteiger partial charge in [-0.05, 0) is 24.3 Å². The number of carbonyl (C=O) groups excluding carboxylic acids is 1. The van der Waals surface area contributed by atoms with Crippen LogP contribution in [0.3, 0.4) is 0 Å². The summed E-state index contributed by atoms with van der Waals surface area (Å²) in [5.41, 5.74) is 0.972. The second-order valence-electron chi connectivity index (χ2n) is 6.34. The van der Waals surface area contributed by atoms with E-state index in [1.54, 1.807) is 42.5 Å². The lowest BCUT2D eigenvalue weighted by Gasteiger charge is -2.09. The number of ether oxygens (including phenoxy) is 1. The van der Waals surface area contributed by atoms with Crippen LogP contribution in [0.5, 0.6) is 0 Å². The van der Waals surface area contributed by atoms with Crippen molar-refractivity contribution in [2.75, 3.05) is 0 Å². The number of halogens is 2. The van der Waals surface area contributed by atoms with Gasteiger partial charge < -0.3 is 4.74 Å². The van der Waals surface area contributed by atoms with Crippen LogP contribution in [0, 0.1) is 0 Å². The third-order valence-electron chi connectivity index (χ3n) is 4.51. The fourth-order valence-corrected chi connectivity index (χ4v) is 3.11. The van der Waals surface area contributed by atoms with Gasteiger partial charge in [-0.15, -0.1) is 0 Å². The van der Waals surface area contributed by atoms with Gasteiger partial charge in [-0.2, -0.15) is 8.78 Å². The monoisotopic (exact) mass is 398 g/mol. The molecule has 0 fully saturated rings. The smallest absolute Gasteiger partial charge is 0.320 e. The van der Waals surface area contributed by atoms with E-state index in [0.29, 0.717) is 16.4 Å². The van der Waals surface area contributed by atoms with E-state index < -0.39 is 12.5 Å². The summed E-state index contributed by atoms with van der Waals surface area (Å²) in [6, 6.07) is 13.4. The zero-order valence-electron chi connectivity index (χ0n) is 15.2. The van der Waals surface area contributed by atoms with Gasteiger partial charge in [0.05, 0.1) is 34.7 Å². The zero-order valence-corrected chi connectivity index (χ0v) is 15.2. The predicted molar refractivity (Wildman–Crippen MR) is 101 cm³/mol. The number of hydrogen-bond donors (Lipinski definition) is 0. The molecule has 148 valence electrons. The van der Waals surface area contributed by atoms with Crippen LogP contribution in [0.4, 0.5) is 8.78 Å². The molecule has 0 bridgehead atoms. The highest BCUT2D eigenvalue weighted by Crippen LogP contribution is 2.23. The van der Waals surface area contributed by atoms with E-state index in [-0.39, 0.29) is 36.5 Å². The van der Waals surface area contributed by atoms with Crippen LogP contribution in [0.1, 0.15) is 18.8 Å². The lowest BCUT2D eigenvalue weighted by Crippen LogP contribution is -2.22.